The fourth-order valence-electron chi connectivity index (χ4n) is 7.65. The summed E-state index contributed by atoms with van der Waals surface area (Å²) in [5.74, 6) is 1.21. The molecular formula is C46H44N4S3. The van der Waals surface area contributed by atoms with E-state index in [0.717, 1.165) is 65.4 Å². The van der Waals surface area contributed by atoms with E-state index in [1.165, 1.54) is 83.1 Å². The number of rotatable bonds is 12. The molecule has 0 amide bonds. The molecule has 0 spiro atoms. The molecule has 0 N–H and O–H groups in total. The molecule has 0 radical (unpaired) electrons. The van der Waals surface area contributed by atoms with Crippen molar-refractivity contribution in [2.45, 2.75) is 91.9 Å². The highest BCUT2D eigenvalue weighted by molar-refractivity contribution is 7.15. The maximum absolute atomic E-state index is 9.97. The van der Waals surface area contributed by atoms with E-state index in [2.05, 4.69) is 76.2 Å². The lowest BCUT2D eigenvalue weighted by Gasteiger charge is -2.21. The smallest absolute Gasteiger partial charge is 0.147 e. The molecule has 266 valence electrons. The van der Waals surface area contributed by atoms with Gasteiger partial charge in [0.05, 0.1) is 27.2 Å². The second-order valence-corrected chi connectivity index (χ2v) is 17.0. The van der Waals surface area contributed by atoms with Crippen LogP contribution in [0.15, 0.2) is 60.7 Å². The molecule has 3 aromatic heterocycles. The zero-order valence-corrected chi connectivity index (χ0v) is 33.5. The first-order valence-corrected chi connectivity index (χ1v) is 21.4. The first-order valence-electron chi connectivity index (χ1n) is 18.9. The van der Waals surface area contributed by atoms with Crippen LogP contribution in [-0.2, 0) is 12.8 Å². The summed E-state index contributed by atoms with van der Waals surface area (Å²) >= 11 is 4.82. The van der Waals surface area contributed by atoms with Crippen LogP contribution in [0.1, 0.15) is 90.2 Å². The minimum Gasteiger partial charge on any atom is -0.192 e. The Morgan fingerprint density at radius 2 is 0.868 bits per heavy atom. The quantitative estimate of drug-likeness (QED) is 0.124. The molecule has 0 saturated carbocycles. The molecule has 53 heavy (non-hydrogen) atoms. The van der Waals surface area contributed by atoms with Crippen molar-refractivity contribution in [1.82, 2.24) is 0 Å². The number of benzene rings is 3. The van der Waals surface area contributed by atoms with E-state index in [1.807, 2.05) is 36.4 Å². The lowest BCUT2D eigenvalue weighted by molar-refractivity contribution is 0.434. The molecule has 7 heteroatoms. The van der Waals surface area contributed by atoms with E-state index in [9.17, 15) is 21.0 Å². The Bertz CT molecular complexity index is 2590. The minimum atomic E-state index is 0.130. The summed E-state index contributed by atoms with van der Waals surface area (Å²) in [5.41, 5.74) is 3.13. The number of nitriles is 4. The van der Waals surface area contributed by atoms with Crippen LogP contribution in [0, 0.1) is 75.3 Å². The normalized spacial score (nSPS) is 13.7. The molecule has 0 aliphatic heterocycles. The highest BCUT2D eigenvalue weighted by atomic mass is 32.1. The predicted octanol–water partition coefficient (Wildman–Crippen LogP) is 11.8. The third-order valence-electron chi connectivity index (χ3n) is 10.7. The van der Waals surface area contributed by atoms with Gasteiger partial charge in [0.1, 0.15) is 35.4 Å². The number of hydrogen-bond donors (Lipinski definition) is 0. The summed E-state index contributed by atoms with van der Waals surface area (Å²) in [4.78, 5) is 0. The summed E-state index contributed by atoms with van der Waals surface area (Å²) in [6.45, 7) is 9.21. The molecule has 6 aromatic rings. The van der Waals surface area contributed by atoms with Gasteiger partial charge in [0.15, 0.2) is 0 Å². The SMILES string of the molecule is CCCCC(CC)Cc1cc2/c(=c3/sc(=C(C#N)C#N)c4ccccc34)s/c(=c3/sc(=C(C#N)C#N)c4ccccc34)c2cc1CC(CC)CCCC. The van der Waals surface area contributed by atoms with Gasteiger partial charge in [0.2, 0.25) is 0 Å². The Morgan fingerprint density at radius 1 is 0.509 bits per heavy atom. The van der Waals surface area contributed by atoms with Crippen LogP contribution in [0.4, 0.5) is 0 Å². The summed E-state index contributed by atoms with van der Waals surface area (Å²) in [6, 6.07) is 29.8. The number of nitrogens with zero attached hydrogens (tertiary/aromatic N) is 4. The van der Waals surface area contributed by atoms with Crippen LogP contribution in [-0.4, -0.2) is 0 Å². The van der Waals surface area contributed by atoms with E-state index < -0.39 is 0 Å². The first kappa shape index (κ1) is 38.0. The summed E-state index contributed by atoms with van der Waals surface area (Å²) in [7, 11) is 0. The van der Waals surface area contributed by atoms with Crippen LogP contribution in [0.25, 0.3) is 43.5 Å². The average molecular weight is 749 g/mol. The molecule has 0 saturated heterocycles. The zero-order chi connectivity index (χ0) is 37.5. The van der Waals surface area contributed by atoms with Gasteiger partial charge in [-0.1, -0.05) is 128 Å². The third kappa shape index (κ3) is 7.54. The molecular weight excluding hydrogens is 705 g/mol. The first-order chi connectivity index (χ1) is 25.9. The second kappa shape index (κ2) is 17.4. The predicted molar refractivity (Wildman–Crippen MR) is 223 cm³/mol. The van der Waals surface area contributed by atoms with Gasteiger partial charge < -0.3 is 0 Å². The summed E-state index contributed by atoms with van der Waals surface area (Å²) in [5, 5.41) is 46.2. The maximum atomic E-state index is 9.97. The minimum absolute atomic E-state index is 0.130. The summed E-state index contributed by atoms with van der Waals surface area (Å²) in [6.07, 6.45) is 11.7. The average Bonchev–Trinajstić information content (AvgIpc) is 3.87. The molecule has 6 rings (SSSR count). The van der Waals surface area contributed by atoms with E-state index in [-0.39, 0.29) is 11.1 Å². The molecule has 3 aromatic carbocycles. The lowest BCUT2D eigenvalue weighted by atomic mass is 9.84. The van der Waals surface area contributed by atoms with Gasteiger partial charge in [-0.25, -0.2) is 0 Å². The largest absolute Gasteiger partial charge is 0.192 e. The van der Waals surface area contributed by atoms with Crippen molar-refractivity contribution in [2.75, 3.05) is 0 Å². The van der Waals surface area contributed by atoms with E-state index >= 15 is 0 Å². The van der Waals surface area contributed by atoms with Crippen molar-refractivity contribution in [3.05, 3.63) is 99.0 Å². The Morgan fingerprint density at radius 3 is 1.21 bits per heavy atom. The molecule has 0 aliphatic carbocycles. The monoisotopic (exact) mass is 748 g/mol. The molecule has 4 nitrogen and oxygen atoms in total. The molecule has 0 aliphatic rings. The van der Waals surface area contributed by atoms with E-state index in [4.69, 9.17) is 0 Å². The molecule has 2 unspecified atom stereocenters. The second-order valence-electron chi connectivity index (χ2n) is 14.0. The van der Waals surface area contributed by atoms with E-state index in [1.54, 1.807) is 11.3 Å². The van der Waals surface area contributed by atoms with Crippen LogP contribution >= 0.6 is 34.0 Å². The van der Waals surface area contributed by atoms with Crippen molar-refractivity contribution in [1.29, 1.82) is 21.0 Å². The number of hydrogen-bond acceptors (Lipinski definition) is 7. The van der Waals surface area contributed by atoms with Gasteiger partial charge in [-0.3, -0.25) is 0 Å². The van der Waals surface area contributed by atoms with E-state index in [0.29, 0.717) is 20.9 Å². The molecule has 2 atom stereocenters. The van der Waals surface area contributed by atoms with Crippen LogP contribution in [0.2, 0.25) is 0 Å². The highest BCUT2D eigenvalue weighted by Gasteiger charge is 2.19. The van der Waals surface area contributed by atoms with Gasteiger partial charge >= 0.3 is 0 Å². The Hall–Kier alpha value is -4.76. The molecule has 0 fully saturated rings. The number of thiophene rings is 3. The molecule has 3 heterocycles. The van der Waals surface area contributed by atoms with Crippen molar-refractivity contribution in [3.8, 4) is 24.3 Å². The van der Waals surface area contributed by atoms with Crippen LogP contribution in [0.5, 0.6) is 0 Å². The molecule has 0 bridgehead atoms. The van der Waals surface area contributed by atoms with Gasteiger partial charge in [0, 0.05) is 32.3 Å². The third-order valence-corrected chi connectivity index (χ3v) is 14.7. The van der Waals surface area contributed by atoms with Crippen molar-refractivity contribution in [3.63, 3.8) is 0 Å². The fourth-order valence-corrected chi connectivity index (χ4v) is 11.7. The zero-order valence-electron chi connectivity index (χ0n) is 31.0. The van der Waals surface area contributed by atoms with Crippen molar-refractivity contribution < 1.29 is 0 Å². The number of fused-ring (bicyclic) bond motifs is 3. The highest BCUT2D eigenvalue weighted by Crippen LogP contribution is 2.36. The van der Waals surface area contributed by atoms with Crippen molar-refractivity contribution in [2.24, 2.45) is 11.8 Å². The van der Waals surface area contributed by atoms with Crippen LogP contribution < -0.4 is 9.06 Å². The Labute approximate surface area is 323 Å². The van der Waals surface area contributed by atoms with Gasteiger partial charge in [-0.2, -0.15) is 21.0 Å². The lowest BCUT2D eigenvalue weighted by Crippen LogP contribution is -2.10. The van der Waals surface area contributed by atoms with Gasteiger partial charge in [0.25, 0.3) is 0 Å². The summed E-state index contributed by atoms with van der Waals surface area (Å²) < 4.78 is 5.81. The Kier molecular flexibility index (Phi) is 12.5. The van der Waals surface area contributed by atoms with Gasteiger partial charge in [-0.05, 0) is 47.9 Å². The van der Waals surface area contributed by atoms with Gasteiger partial charge in [-0.15, -0.1) is 34.0 Å². The fraction of sp³-hybridized carbons (Fsp3) is 0.348. The Balaban J connectivity index is 1.88. The number of unbranched alkanes of at least 4 members (excludes halogenated alkanes) is 2. The standard InChI is InChI=1S/C46H44N4S3/c1-5-9-15-29(7-3)21-31-23-39-40(24-32(31)22-30(8-4)16-10-6-2)46(44-38-20-14-12-18-36(38)42(52-44)34(27-49)28-50)53-45(39)43-37-19-13-11-17-35(37)41(51-43)33(25-47)26-48/h11-14,17-20,23-24,29-30H,5-10,15-16,21-22H2,1-4H3/b45-43-,46-44+. The maximum Gasteiger partial charge on any atom is 0.147 e. The van der Waals surface area contributed by atoms with Crippen LogP contribution in [0.3, 0.4) is 0 Å². The topological polar surface area (TPSA) is 95.2 Å². The van der Waals surface area contributed by atoms with Crippen molar-refractivity contribution >= 4 is 77.5 Å².